The zero-order valence-corrected chi connectivity index (χ0v) is 48.9. The summed E-state index contributed by atoms with van der Waals surface area (Å²) in [5.74, 6) is -1.20. The molecule has 76 heavy (non-hydrogen) atoms. The van der Waals surface area contributed by atoms with Gasteiger partial charge >= 0.3 is 5.97 Å². The third-order valence-corrected chi connectivity index (χ3v) is 14.7. The maximum atomic E-state index is 13.4. The molecule has 1 amide bonds. The first-order valence-corrected chi connectivity index (χ1v) is 31.6. The van der Waals surface area contributed by atoms with Gasteiger partial charge in [-0.15, -0.1) is 0 Å². The number of ether oxygens (including phenoxy) is 3. The van der Waals surface area contributed by atoms with Gasteiger partial charge in [-0.3, -0.25) is 9.59 Å². The van der Waals surface area contributed by atoms with Gasteiger partial charge in [-0.1, -0.05) is 248 Å². The molecule has 11 nitrogen and oxygen atoms in total. The molecule has 8 atom stereocenters. The monoisotopic (exact) mass is 1070 g/mol. The summed E-state index contributed by atoms with van der Waals surface area (Å²) >= 11 is 0. The number of allylic oxidation sites excluding steroid dienone is 9. The average molecular weight is 1070 g/mol. The van der Waals surface area contributed by atoms with Crippen molar-refractivity contribution < 1.29 is 49.3 Å². The van der Waals surface area contributed by atoms with Gasteiger partial charge in [0.25, 0.3) is 0 Å². The van der Waals surface area contributed by atoms with Gasteiger partial charge in [-0.05, 0) is 83.5 Å². The molecule has 1 heterocycles. The Labute approximate surface area is 465 Å². The molecular formula is C65H117NO10. The van der Waals surface area contributed by atoms with Crippen LogP contribution in [0.25, 0.3) is 0 Å². The van der Waals surface area contributed by atoms with Crippen LogP contribution in [-0.2, 0) is 23.8 Å². The minimum atomic E-state index is -1.62. The van der Waals surface area contributed by atoms with Crippen molar-refractivity contribution in [1.82, 2.24) is 5.32 Å². The zero-order chi connectivity index (χ0) is 55.4. The van der Waals surface area contributed by atoms with Gasteiger partial charge < -0.3 is 45.1 Å². The summed E-state index contributed by atoms with van der Waals surface area (Å²) < 4.78 is 17.6. The molecule has 1 fully saturated rings. The SMILES string of the molecule is CC/C=C/C/C=C/CCCCCCCCC(O)C(=O)NC(COC1OC(CO)C(O)C(O)C1OC(=O)CCCCCCCCCCCCCCC/C=C\C/C=C\CCCCC)C(O)/C=C/CCCCCCCCCCC. The van der Waals surface area contributed by atoms with E-state index in [0.717, 1.165) is 96.3 Å². The van der Waals surface area contributed by atoms with Crippen molar-refractivity contribution in [2.45, 2.75) is 327 Å². The second kappa shape index (κ2) is 53.0. The molecule has 0 aromatic rings. The van der Waals surface area contributed by atoms with Crippen LogP contribution in [0, 0.1) is 0 Å². The number of aliphatic hydroxyl groups is 5. The highest BCUT2D eigenvalue weighted by Gasteiger charge is 2.47. The number of unbranched alkanes of at least 4 members (excludes halogenated alkanes) is 31. The van der Waals surface area contributed by atoms with Crippen molar-refractivity contribution >= 4 is 11.9 Å². The number of carbonyl (C=O) groups excluding carboxylic acids is 2. The molecule has 0 aromatic heterocycles. The van der Waals surface area contributed by atoms with E-state index in [4.69, 9.17) is 14.2 Å². The Morgan fingerprint density at radius 1 is 0.526 bits per heavy atom. The van der Waals surface area contributed by atoms with E-state index in [9.17, 15) is 35.1 Å². The van der Waals surface area contributed by atoms with Crippen LogP contribution in [0.2, 0.25) is 0 Å². The lowest BCUT2D eigenvalue weighted by molar-refractivity contribution is -0.305. The largest absolute Gasteiger partial charge is 0.454 e. The Bertz CT molecular complexity index is 1460. The van der Waals surface area contributed by atoms with E-state index in [1.165, 1.54) is 135 Å². The molecule has 0 aliphatic carbocycles. The summed E-state index contributed by atoms with van der Waals surface area (Å²) in [5, 5.41) is 56.9. The molecule has 0 radical (unpaired) electrons. The Morgan fingerprint density at radius 2 is 0.947 bits per heavy atom. The zero-order valence-electron chi connectivity index (χ0n) is 48.9. The van der Waals surface area contributed by atoms with E-state index in [0.29, 0.717) is 12.8 Å². The van der Waals surface area contributed by atoms with Crippen LogP contribution in [-0.4, -0.2) is 99.6 Å². The van der Waals surface area contributed by atoms with Gasteiger partial charge in [0, 0.05) is 6.42 Å². The van der Waals surface area contributed by atoms with Crippen molar-refractivity contribution in [2.75, 3.05) is 13.2 Å². The molecule has 0 saturated carbocycles. The third kappa shape index (κ3) is 40.5. The lowest BCUT2D eigenvalue weighted by Gasteiger charge is -2.41. The number of carbonyl (C=O) groups is 2. The molecule has 1 aliphatic heterocycles. The van der Waals surface area contributed by atoms with Crippen LogP contribution in [0.3, 0.4) is 0 Å². The highest BCUT2D eigenvalue weighted by Crippen LogP contribution is 2.26. The topological polar surface area (TPSA) is 175 Å². The second-order valence-corrected chi connectivity index (χ2v) is 21.8. The molecule has 1 rings (SSSR count). The fourth-order valence-electron chi connectivity index (χ4n) is 9.66. The highest BCUT2D eigenvalue weighted by atomic mass is 16.7. The Morgan fingerprint density at radius 3 is 1.43 bits per heavy atom. The minimum absolute atomic E-state index is 0.121. The number of hydrogen-bond donors (Lipinski definition) is 6. The molecule has 442 valence electrons. The fraction of sp³-hybridized carbons (Fsp3) is 0.815. The fourth-order valence-corrected chi connectivity index (χ4v) is 9.66. The number of amides is 1. The number of hydrogen-bond acceptors (Lipinski definition) is 10. The first kappa shape index (κ1) is 71.4. The van der Waals surface area contributed by atoms with Gasteiger partial charge in [0.15, 0.2) is 12.4 Å². The summed E-state index contributed by atoms with van der Waals surface area (Å²) in [7, 11) is 0. The van der Waals surface area contributed by atoms with Crippen LogP contribution in [0.4, 0.5) is 0 Å². The summed E-state index contributed by atoms with van der Waals surface area (Å²) in [4.78, 5) is 26.5. The van der Waals surface area contributed by atoms with Gasteiger partial charge in [0.1, 0.15) is 24.4 Å². The average Bonchev–Trinajstić information content (AvgIpc) is 3.42. The van der Waals surface area contributed by atoms with Gasteiger partial charge in [0.05, 0.1) is 25.4 Å². The quantitative estimate of drug-likeness (QED) is 0.0195. The summed E-state index contributed by atoms with van der Waals surface area (Å²) in [6.45, 7) is 5.65. The van der Waals surface area contributed by atoms with Crippen LogP contribution < -0.4 is 5.32 Å². The van der Waals surface area contributed by atoms with E-state index in [1.807, 2.05) is 6.08 Å². The molecular weight excluding hydrogens is 955 g/mol. The Kier molecular flexibility index (Phi) is 49.8. The van der Waals surface area contributed by atoms with E-state index in [1.54, 1.807) is 6.08 Å². The number of rotatable bonds is 53. The lowest BCUT2D eigenvalue weighted by Crippen LogP contribution is -2.61. The van der Waals surface area contributed by atoms with Crippen molar-refractivity contribution in [1.29, 1.82) is 0 Å². The number of aliphatic hydroxyl groups excluding tert-OH is 5. The van der Waals surface area contributed by atoms with Crippen LogP contribution in [0.1, 0.15) is 278 Å². The van der Waals surface area contributed by atoms with E-state index >= 15 is 0 Å². The molecule has 1 aliphatic rings. The van der Waals surface area contributed by atoms with Crippen molar-refractivity contribution in [3.05, 3.63) is 60.8 Å². The predicted octanol–water partition coefficient (Wildman–Crippen LogP) is 15.0. The number of esters is 1. The smallest absolute Gasteiger partial charge is 0.306 e. The molecule has 0 bridgehead atoms. The third-order valence-electron chi connectivity index (χ3n) is 14.7. The van der Waals surface area contributed by atoms with Crippen LogP contribution in [0.15, 0.2) is 60.8 Å². The standard InChI is InChI=1S/C65H117NO10/c1-4-7-10-13-16-19-22-24-25-26-27-28-29-30-31-32-33-35-38-41-44-47-50-53-60(70)76-63-62(72)61(71)59(54-67)75-65(63)74-55-56(57(68)51-48-45-42-39-36-21-18-15-12-9-6-3)66-64(73)58(69)52-49-46-43-40-37-34-23-20-17-14-11-8-5-2/h8,11,16-17,19-20,24-25,48,51,56-59,61-63,65,67-69,71-72H,4-7,9-10,12-15,18,21-23,26-47,49-50,52-55H2,1-3H3,(H,66,73)/b11-8+,19-16-,20-17+,25-24-,51-48+. The predicted molar refractivity (Wildman–Crippen MR) is 315 cm³/mol. The minimum Gasteiger partial charge on any atom is -0.454 e. The summed E-state index contributed by atoms with van der Waals surface area (Å²) in [6.07, 6.45) is 55.5. The van der Waals surface area contributed by atoms with E-state index in [-0.39, 0.29) is 19.4 Å². The molecule has 6 N–H and O–H groups in total. The second-order valence-electron chi connectivity index (χ2n) is 21.8. The van der Waals surface area contributed by atoms with Crippen LogP contribution in [0.5, 0.6) is 0 Å². The molecule has 11 heteroatoms. The maximum Gasteiger partial charge on any atom is 0.306 e. The summed E-state index contributed by atoms with van der Waals surface area (Å²) in [5.41, 5.74) is 0. The van der Waals surface area contributed by atoms with Gasteiger partial charge in [-0.2, -0.15) is 0 Å². The first-order chi connectivity index (χ1) is 37.2. The maximum absolute atomic E-state index is 13.4. The van der Waals surface area contributed by atoms with E-state index in [2.05, 4.69) is 74.7 Å². The first-order valence-electron chi connectivity index (χ1n) is 31.6. The Hall–Kier alpha value is -2.64. The molecule has 8 unspecified atom stereocenters. The summed E-state index contributed by atoms with van der Waals surface area (Å²) in [6, 6.07) is -1.03. The molecule has 0 spiro atoms. The Balaban J connectivity index is 2.60. The van der Waals surface area contributed by atoms with Crippen molar-refractivity contribution in [3.63, 3.8) is 0 Å². The molecule has 0 aromatic carbocycles. The highest BCUT2D eigenvalue weighted by molar-refractivity contribution is 5.80. The number of nitrogens with one attached hydrogen (secondary N) is 1. The van der Waals surface area contributed by atoms with Gasteiger partial charge in [0.2, 0.25) is 5.91 Å². The molecule has 1 saturated heterocycles. The van der Waals surface area contributed by atoms with E-state index < -0.39 is 67.4 Å². The normalized spacial score (nSPS) is 19.5. The van der Waals surface area contributed by atoms with Gasteiger partial charge in [-0.25, -0.2) is 0 Å². The van der Waals surface area contributed by atoms with Crippen molar-refractivity contribution in [3.8, 4) is 0 Å². The lowest BCUT2D eigenvalue weighted by atomic mass is 9.99. The van der Waals surface area contributed by atoms with Crippen molar-refractivity contribution in [2.24, 2.45) is 0 Å². The van der Waals surface area contributed by atoms with Crippen LogP contribution >= 0.6 is 0 Å².